The van der Waals surface area contributed by atoms with Crippen molar-refractivity contribution in [1.29, 1.82) is 0 Å². The van der Waals surface area contributed by atoms with E-state index in [1.54, 1.807) is 0 Å². The first-order chi connectivity index (χ1) is 11.7. The Labute approximate surface area is 161 Å². The van der Waals surface area contributed by atoms with Crippen LogP contribution in [-0.2, 0) is 5.54 Å². The number of aliphatic hydroxyl groups is 1. The molecule has 0 radical (unpaired) electrons. The topological polar surface area (TPSA) is 46.5 Å². The number of hydrogen-bond acceptors (Lipinski definition) is 3. The van der Waals surface area contributed by atoms with Gasteiger partial charge in [0, 0.05) is 6.54 Å². The second-order valence-electron chi connectivity index (χ2n) is 6.44. The molecule has 3 nitrogen and oxygen atoms in total. The van der Waals surface area contributed by atoms with Crippen molar-refractivity contribution in [2.24, 2.45) is 0 Å². The van der Waals surface area contributed by atoms with Crippen LogP contribution >= 0.6 is 0 Å². The monoisotopic (exact) mass is 329 g/mol. The van der Waals surface area contributed by atoms with Crippen molar-refractivity contribution < 1.29 is 29.1 Å². The molecule has 0 heterocycles. The molecule has 0 aliphatic heterocycles. The SMILES string of the molecule is C=c1cccc/c1=C(/[O-])N(CCO)C1(c2ccccc2)CCCC1.[Li+]. The van der Waals surface area contributed by atoms with E-state index in [1.807, 2.05) is 47.4 Å². The maximum atomic E-state index is 13.3. The molecule has 0 amide bonds. The Morgan fingerprint density at radius 3 is 2.24 bits per heavy atom. The van der Waals surface area contributed by atoms with E-state index in [9.17, 15) is 10.2 Å². The Morgan fingerprint density at radius 2 is 1.64 bits per heavy atom. The van der Waals surface area contributed by atoms with Gasteiger partial charge >= 0.3 is 18.9 Å². The molecule has 1 N–H and O–H groups in total. The summed E-state index contributed by atoms with van der Waals surface area (Å²) in [6.07, 6.45) is 4.05. The van der Waals surface area contributed by atoms with Crippen molar-refractivity contribution >= 4 is 12.5 Å². The Hall–Kier alpha value is -1.66. The Bertz CT molecular complexity index is 785. The molecule has 1 aliphatic carbocycles. The molecule has 0 bridgehead atoms. The Morgan fingerprint density at radius 1 is 1.04 bits per heavy atom. The fourth-order valence-electron chi connectivity index (χ4n) is 3.91. The predicted molar refractivity (Wildman–Crippen MR) is 95.0 cm³/mol. The maximum Gasteiger partial charge on any atom is 1.00 e. The van der Waals surface area contributed by atoms with E-state index >= 15 is 0 Å². The van der Waals surface area contributed by atoms with Gasteiger partial charge in [0.25, 0.3) is 0 Å². The molecule has 3 rings (SSSR count). The fourth-order valence-corrected chi connectivity index (χ4v) is 3.91. The molecule has 1 aliphatic rings. The summed E-state index contributed by atoms with van der Waals surface area (Å²) in [6, 6.07) is 17.7. The maximum absolute atomic E-state index is 13.3. The second kappa shape index (κ2) is 8.63. The minimum atomic E-state index is -0.330. The standard InChI is InChI=1S/C21H25NO2.Li/c1-17-9-5-6-12-19(17)20(24)22(15-16-23)21(13-7-8-14-21)18-10-3-2-4-11-18;/h2-6,9-12,23-24H,1,7-8,13-16H2;/q;+1/p-1/b20-19-;. The molecule has 25 heavy (non-hydrogen) atoms. The molecule has 4 heteroatoms. The average molecular weight is 329 g/mol. The van der Waals surface area contributed by atoms with Crippen LogP contribution in [0.3, 0.4) is 0 Å². The number of rotatable bonds is 5. The molecule has 2 aromatic carbocycles. The van der Waals surface area contributed by atoms with Crippen LogP contribution in [0.15, 0.2) is 54.6 Å². The predicted octanol–water partition coefficient (Wildman–Crippen LogP) is -1.71. The van der Waals surface area contributed by atoms with Crippen LogP contribution < -0.4 is 34.4 Å². The quantitative estimate of drug-likeness (QED) is 0.665. The third-order valence-electron chi connectivity index (χ3n) is 5.08. The van der Waals surface area contributed by atoms with Crippen molar-refractivity contribution in [3.05, 3.63) is 70.6 Å². The minimum Gasteiger partial charge on any atom is -0.860 e. The van der Waals surface area contributed by atoms with Gasteiger partial charge < -0.3 is 15.1 Å². The van der Waals surface area contributed by atoms with Crippen LogP contribution in [0.2, 0.25) is 0 Å². The minimum absolute atomic E-state index is 0. The summed E-state index contributed by atoms with van der Waals surface area (Å²) in [5.41, 5.74) is 0.828. The molecule has 0 unspecified atom stereocenters. The van der Waals surface area contributed by atoms with Crippen LogP contribution in [0.5, 0.6) is 0 Å². The van der Waals surface area contributed by atoms with E-state index in [2.05, 4.69) is 18.7 Å². The van der Waals surface area contributed by atoms with Crippen LogP contribution in [0.4, 0.5) is 0 Å². The van der Waals surface area contributed by atoms with Crippen molar-refractivity contribution in [2.45, 2.75) is 31.2 Å². The van der Waals surface area contributed by atoms with Crippen LogP contribution in [0, 0.1) is 0 Å². The van der Waals surface area contributed by atoms with Gasteiger partial charge in [-0.05, 0) is 34.7 Å². The zero-order chi connectivity index (χ0) is 17.0. The van der Waals surface area contributed by atoms with Crippen LogP contribution in [0.1, 0.15) is 31.2 Å². The molecule has 1 saturated carbocycles. The number of benzene rings is 2. The summed E-state index contributed by atoms with van der Waals surface area (Å²) in [4.78, 5) is 1.87. The Balaban J connectivity index is 0.00000225. The normalized spacial score (nSPS) is 16.8. The third kappa shape index (κ3) is 3.80. The molecule has 0 aromatic heterocycles. The van der Waals surface area contributed by atoms with E-state index in [1.165, 1.54) is 0 Å². The zero-order valence-electron chi connectivity index (χ0n) is 14.9. The molecule has 2 aromatic rings. The number of aliphatic hydroxyl groups excluding tert-OH is 1. The summed E-state index contributed by atoms with van der Waals surface area (Å²) in [7, 11) is 0. The van der Waals surface area contributed by atoms with E-state index in [-0.39, 0.29) is 36.9 Å². The molecule has 0 atom stereocenters. The Kier molecular flexibility index (Phi) is 6.78. The van der Waals surface area contributed by atoms with Crippen molar-refractivity contribution in [1.82, 2.24) is 4.90 Å². The average Bonchev–Trinajstić information content (AvgIpc) is 3.11. The van der Waals surface area contributed by atoms with Crippen molar-refractivity contribution in [2.75, 3.05) is 13.2 Å². The van der Waals surface area contributed by atoms with Gasteiger partial charge in [0.05, 0.1) is 12.1 Å². The number of nitrogens with zero attached hydrogens (tertiary/aromatic N) is 1. The van der Waals surface area contributed by atoms with Gasteiger partial charge in [0.2, 0.25) is 0 Å². The van der Waals surface area contributed by atoms with E-state index in [0.717, 1.165) is 36.5 Å². The third-order valence-corrected chi connectivity index (χ3v) is 5.08. The first-order valence-electron chi connectivity index (χ1n) is 8.58. The number of hydrogen-bond donors (Lipinski definition) is 1. The van der Waals surface area contributed by atoms with Gasteiger partial charge in [-0.3, -0.25) is 0 Å². The fraction of sp³-hybridized carbons (Fsp3) is 0.333. The van der Waals surface area contributed by atoms with Gasteiger partial charge in [-0.25, -0.2) is 0 Å². The molecule has 126 valence electrons. The first-order valence-corrected chi connectivity index (χ1v) is 8.58. The largest absolute Gasteiger partial charge is 1.00 e. The van der Waals surface area contributed by atoms with Crippen molar-refractivity contribution in [3.63, 3.8) is 0 Å². The second-order valence-corrected chi connectivity index (χ2v) is 6.44. The van der Waals surface area contributed by atoms with Crippen LogP contribution in [-0.4, -0.2) is 23.2 Å². The molecule has 0 saturated heterocycles. The molecule has 1 fully saturated rings. The van der Waals surface area contributed by atoms with Crippen molar-refractivity contribution in [3.8, 4) is 0 Å². The molecule has 0 spiro atoms. The first kappa shape index (κ1) is 19.7. The van der Waals surface area contributed by atoms with E-state index in [4.69, 9.17) is 0 Å². The molecular formula is C21H24LiNO2. The van der Waals surface area contributed by atoms with Gasteiger partial charge in [0.15, 0.2) is 0 Å². The summed E-state index contributed by atoms with van der Waals surface area (Å²) in [5, 5.41) is 24.3. The summed E-state index contributed by atoms with van der Waals surface area (Å²) < 4.78 is 0. The molecular weight excluding hydrogens is 305 g/mol. The van der Waals surface area contributed by atoms with E-state index < -0.39 is 0 Å². The smallest absolute Gasteiger partial charge is 0.860 e. The summed E-state index contributed by atoms with van der Waals surface area (Å²) in [5.74, 6) is -0.0413. The van der Waals surface area contributed by atoms with Gasteiger partial charge in [-0.1, -0.05) is 74.0 Å². The zero-order valence-corrected chi connectivity index (χ0v) is 14.9. The van der Waals surface area contributed by atoms with Gasteiger partial charge in [-0.2, -0.15) is 0 Å². The van der Waals surface area contributed by atoms with Gasteiger partial charge in [0.1, 0.15) is 0 Å². The van der Waals surface area contributed by atoms with Crippen LogP contribution in [0.25, 0.3) is 12.5 Å². The van der Waals surface area contributed by atoms with Gasteiger partial charge in [-0.15, -0.1) is 0 Å². The summed E-state index contributed by atoms with van der Waals surface area (Å²) in [6.45, 7) is 4.29. The summed E-state index contributed by atoms with van der Waals surface area (Å²) >= 11 is 0. The van der Waals surface area contributed by atoms with E-state index in [0.29, 0.717) is 11.8 Å².